The molecule has 0 saturated carbocycles. The van der Waals surface area contributed by atoms with Crippen molar-refractivity contribution in [3.05, 3.63) is 115 Å². The molecule has 0 saturated heterocycles. The Morgan fingerprint density at radius 3 is 1.68 bits per heavy atom. The minimum Gasteiger partial charge on any atom is -0.494 e. The van der Waals surface area contributed by atoms with Gasteiger partial charge >= 0.3 is 0 Å². The van der Waals surface area contributed by atoms with E-state index in [4.69, 9.17) is 9.47 Å². The summed E-state index contributed by atoms with van der Waals surface area (Å²) in [6.45, 7) is 5.99. The normalized spacial score (nSPS) is 11.2. The van der Waals surface area contributed by atoms with Gasteiger partial charge in [0, 0.05) is 31.4 Å². The molecule has 0 aliphatic heterocycles. The predicted molar refractivity (Wildman–Crippen MR) is 205 cm³/mol. The van der Waals surface area contributed by atoms with Crippen molar-refractivity contribution in [1.82, 2.24) is 0 Å². The largest absolute Gasteiger partial charge is 0.494 e. The highest BCUT2D eigenvalue weighted by atomic mass is 32.1. The third-order valence-electron chi connectivity index (χ3n) is 8.50. The van der Waals surface area contributed by atoms with Crippen molar-refractivity contribution >= 4 is 50.5 Å². The molecule has 5 heteroatoms. The number of anilines is 3. The van der Waals surface area contributed by atoms with Crippen LogP contribution < -0.4 is 14.4 Å². The zero-order valence-electron chi connectivity index (χ0n) is 27.6. The second-order valence-electron chi connectivity index (χ2n) is 12.0. The molecular formula is C42H45NO2S2. The van der Waals surface area contributed by atoms with Crippen LogP contribution in [-0.4, -0.2) is 13.2 Å². The number of fused-ring (bicyclic) bond motifs is 1. The molecule has 242 valence electrons. The summed E-state index contributed by atoms with van der Waals surface area (Å²) in [7, 11) is 0. The standard InChI is InChI=1S/C42H45NO2S2/c1-3-5-7-11-29-44-34-21-17-32(18-22-34)43(33-19-23-35(24-20-33)45-30-12-8-6-4-2)39-26-25-38(36-14-9-10-15-37(36)39)40-27-28-42(47-40)41-16-13-31-46-41/h9-10,13-28,31H,3-8,11-12,29-30H2,1-2H3. The third kappa shape index (κ3) is 8.27. The maximum absolute atomic E-state index is 6.11. The van der Waals surface area contributed by atoms with E-state index >= 15 is 0 Å². The van der Waals surface area contributed by atoms with E-state index in [1.807, 2.05) is 11.3 Å². The number of nitrogens with zero attached hydrogens (tertiary/aromatic N) is 1. The van der Waals surface area contributed by atoms with Crippen LogP contribution >= 0.6 is 22.7 Å². The molecule has 0 aliphatic carbocycles. The molecule has 0 aliphatic rings. The van der Waals surface area contributed by atoms with Crippen LogP contribution in [0.5, 0.6) is 11.5 Å². The highest BCUT2D eigenvalue weighted by molar-refractivity contribution is 7.23. The summed E-state index contributed by atoms with van der Waals surface area (Å²) >= 11 is 3.65. The summed E-state index contributed by atoms with van der Waals surface area (Å²) in [5.74, 6) is 1.83. The third-order valence-corrected chi connectivity index (χ3v) is 10.7. The Morgan fingerprint density at radius 2 is 1.11 bits per heavy atom. The first-order chi connectivity index (χ1) is 23.2. The first kappa shape index (κ1) is 32.9. The topological polar surface area (TPSA) is 21.7 Å². The number of ether oxygens (including phenoxy) is 2. The minimum atomic E-state index is 0.756. The monoisotopic (exact) mass is 659 g/mol. The number of hydrogen-bond acceptors (Lipinski definition) is 5. The van der Waals surface area contributed by atoms with Gasteiger partial charge in [-0.1, -0.05) is 88.8 Å². The van der Waals surface area contributed by atoms with Crippen LogP contribution in [0.1, 0.15) is 65.2 Å². The van der Waals surface area contributed by atoms with Crippen LogP contribution in [0.2, 0.25) is 0 Å². The van der Waals surface area contributed by atoms with Gasteiger partial charge in [-0.15, -0.1) is 22.7 Å². The minimum absolute atomic E-state index is 0.756. The lowest BCUT2D eigenvalue weighted by molar-refractivity contribution is 0.305. The molecular weight excluding hydrogens is 615 g/mol. The maximum Gasteiger partial charge on any atom is 0.119 e. The molecule has 6 aromatic rings. The van der Waals surface area contributed by atoms with Gasteiger partial charge in [0.05, 0.1) is 18.9 Å². The molecule has 0 atom stereocenters. The van der Waals surface area contributed by atoms with Crippen LogP contribution in [0, 0.1) is 0 Å². The van der Waals surface area contributed by atoms with Gasteiger partial charge in [-0.2, -0.15) is 0 Å². The van der Waals surface area contributed by atoms with Crippen molar-refractivity contribution in [1.29, 1.82) is 0 Å². The SMILES string of the molecule is CCCCCCOc1ccc(N(c2ccc(OCCCCCC)cc2)c2ccc(-c3ccc(-c4cccs4)s3)c3ccccc23)cc1. The van der Waals surface area contributed by atoms with Crippen LogP contribution in [0.3, 0.4) is 0 Å². The van der Waals surface area contributed by atoms with Crippen molar-refractivity contribution in [3.63, 3.8) is 0 Å². The van der Waals surface area contributed by atoms with Gasteiger partial charge < -0.3 is 14.4 Å². The van der Waals surface area contributed by atoms with Gasteiger partial charge in [-0.25, -0.2) is 0 Å². The van der Waals surface area contributed by atoms with Crippen LogP contribution in [0.25, 0.3) is 31.0 Å². The maximum atomic E-state index is 6.11. The van der Waals surface area contributed by atoms with Gasteiger partial charge in [-0.05, 0) is 102 Å². The number of hydrogen-bond donors (Lipinski definition) is 0. The molecule has 0 spiro atoms. The Labute approximate surface area is 288 Å². The molecule has 0 fully saturated rings. The summed E-state index contributed by atoms with van der Waals surface area (Å²) in [6.07, 6.45) is 9.59. The molecule has 2 heterocycles. The first-order valence-corrected chi connectivity index (χ1v) is 18.9. The van der Waals surface area contributed by atoms with Gasteiger partial charge in [0.15, 0.2) is 0 Å². The zero-order chi connectivity index (χ0) is 32.3. The van der Waals surface area contributed by atoms with Crippen molar-refractivity contribution in [2.24, 2.45) is 0 Å². The Morgan fingerprint density at radius 1 is 0.511 bits per heavy atom. The van der Waals surface area contributed by atoms with E-state index in [1.54, 1.807) is 11.3 Å². The van der Waals surface area contributed by atoms with Crippen LogP contribution in [0.15, 0.2) is 115 Å². The van der Waals surface area contributed by atoms with Crippen molar-refractivity contribution < 1.29 is 9.47 Å². The fourth-order valence-corrected chi connectivity index (χ4v) is 7.85. The van der Waals surface area contributed by atoms with E-state index in [2.05, 4.69) is 133 Å². The smallest absolute Gasteiger partial charge is 0.119 e. The summed E-state index contributed by atoms with van der Waals surface area (Å²) in [5.41, 5.74) is 4.58. The Hall–Kier alpha value is -4.06. The van der Waals surface area contributed by atoms with Gasteiger partial charge in [0.25, 0.3) is 0 Å². The van der Waals surface area contributed by atoms with E-state index in [1.165, 1.54) is 69.5 Å². The first-order valence-electron chi connectivity index (χ1n) is 17.2. The average molecular weight is 660 g/mol. The van der Waals surface area contributed by atoms with E-state index in [0.29, 0.717) is 0 Å². The molecule has 0 bridgehead atoms. The van der Waals surface area contributed by atoms with E-state index in [0.717, 1.165) is 54.6 Å². The highest BCUT2D eigenvalue weighted by Gasteiger charge is 2.18. The van der Waals surface area contributed by atoms with Crippen molar-refractivity contribution in [2.45, 2.75) is 65.2 Å². The van der Waals surface area contributed by atoms with Gasteiger partial charge in [0.1, 0.15) is 11.5 Å². The summed E-state index contributed by atoms with van der Waals surface area (Å²) in [5, 5.41) is 4.60. The highest BCUT2D eigenvalue weighted by Crippen LogP contribution is 2.44. The summed E-state index contributed by atoms with van der Waals surface area (Å²) < 4.78 is 12.2. The summed E-state index contributed by atoms with van der Waals surface area (Å²) in [6, 6.07) is 39.3. The molecule has 6 rings (SSSR count). The lowest BCUT2D eigenvalue weighted by atomic mass is 10.00. The second kappa shape index (κ2) is 16.7. The molecule has 0 amide bonds. The molecule has 3 nitrogen and oxygen atoms in total. The van der Waals surface area contributed by atoms with Gasteiger partial charge in [0.2, 0.25) is 0 Å². The quantitative estimate of drug-likeness (QED) is 0.0910. The molecule has 0 radical (unpaired) electrons. The van der Waals surface area contributed by atoms with Crippen molar-refractivity contribution in [2.75, 3.05) is 18.1 Å². The molecule has 47 heavy (non-hydrogen) atoms. The second-order valence-corrected chi connectivity index (χ2v) is 14.0. The molecule has 4 aromatic carbocycles. The molecule has 2 aromatic heterocycles. The van der Waals surface area contributed by atoms with E-state index in [9.17, 15) is 0 Å². The lowest BCUT2D eigenvalue weighted by Gasteiger charge is -2.27. The average Bonchev–Trinajstić information content (AvgIpc) is 3.83. The fraction of sp³-hybridized carbons (Fsp3) is 0.286. The van der Waals surface area contributed by atoms with E-state index < -0.39 is 0 Å². The molecule has 0 unspecified atom stereocenters. The summed E-state index contributed by atoms with van der Waals surface area (Å²) in [4.78, 5) is 6.26. The fourth-order valence-electron chi connectivity index (χ4n) is 5.97. The predicted octanol–water partition coefficient (Wildman–Crippen LogP) is 13.7. The van der Waals surface area contributed by atoms with Crippen LogP contribution in [0.4, 0.5) is 17.1 Å². The van der Waals surface area contributed by atoms with Gasteiger partial charge in [-0.3, -0.25) is 0 Å². The Kier molecular flexibility index (Phi) is 11.7. The number of rotatable bonds is 17. The Balaban J connectivity index is 1.33. The zero-order valence-corrected chi connectivity index (χ0v) is 29.3. The number of unbranched alkanes of at least 4 members (excludes halogenated alkanes) is 6. The number of benzene rings is 4. The molecule has 0 N–H and O–H groups in total. The van der Waals surface area contributed by atoms with E-state index in [-0.39, 0.29) is 0 Å². The number of thiophene rings is 2. The lowest BCUT2D eigenvalue weighted by Crippen LogP contribution is -2.11. The van der Waals surface area contributed by atoms with Crippen molar-refractivity contribution in [3.8, 4) is 31.7 Å². The Bertz CT molecular complexity index is 1750. The van der Waals surface area contributed by atoms with Crippen LogP contribution in [-0.2, 0) is 0 Å².